The number of hydrogen-bond acceptors (Lipinski definition) is 8. The first-order valence-corrected chi connectivity index (χ1v) is 9.95. The second-order valence-corrected chi connectivity index (χ2v) is 7.75. The number of anilines is 1. The Bertz CT molecular complexity index is 1100. The van der Waals surface area contributed by atoms with Gasteiger partial charge in [-0.3, -0.25) is 15.0 Å². The number of rotatable bonds is 5. The Morgan fingerprint density at radius 3 is 2.81 bits per heavy atom. The van der Waals surface area contributed by atoms with Crippen molar-refractivity contribution in [1.29, 1.82) is 5.41 Å². The van der Waals surface area contributed by atoms with Crippen molar-refractivity contribution in [3.8, 4) is 11.5 Å². The van der Waals surface area contributed by atoms with Gasteiger partial charge < -0.3 is 19.9 Å². The summed E-state index contributed by atoms with van der Waals surface area (Å²) in [7, 11) is 0. The Morgan fingerprint density at radius 1 is 1.23 bits per heavy atom. The molecule has 4 rings (SSSR count). The summed E-state index contributed by atoms with van der Waals surface area (Å²) in [5, 5.41) is 23.7. The first-order valence-electron chi connectivity index (χ1n) is 9.07. The molecular weight excluding hydrogens is 424 g/mol. The number of benzene rings is 2. The molecule has 0 spiro atoms. The van der Waals surface area contributed by atoms with Crippen LogP contribution in [0.1, 0.15) is 22.3 Å². The molecule has 2 heterocycles. The molecule has 2 aliphatic heterocycles. The third-order valence-corrected chi connectivity index (χ3v) is 5.49. The molecule has 3 N–H and O–H groups in total. The van der Waals surface area contributed by atoms with E-state index in [2.05, 4.69) is 10.4 Å². The Kier molecular flexibility index (Phi) is 5.58. The maximum Gasteiger partial charge on any atom is 0.335 e. The lowest BCUT2D eigenvalue weighted by Crippen LogP contribution is -2.42. The van der Waals surface area contributed by atoms with Crippen molar-refractivity contribution in [2.45, 2.75) is 11.7 Å². The Hall–Kier alpha value is -3.86. The average Bonchev–Trinajstić information content (AvgIpc) is 3.21. The van der Waals surface area contributed by atoms with Crippen LogP contribution in [0.15, 0.2) is 47.6 Å². The Balaban J connectivity index is 1.40. The molecule has 0 saturated carbocycles. The van der Waals surface area contributed by atoms with Gasteiger partial charge >= 0.3 is 5.97 Å². The number of amides is 2. The lowest BCUT2D eigenvalue weighted by molar-refractivity contribution is -0.129. The van der Waals surface area contributed by atoms with Crippen molar-refractivity contribution in [3.05, 3.63) is 53.6 Å². The topological polar surface area (TPSA) is 141 Å². The van der Waals surface area contributed by atoms with Gasteiger partial charge in [0, 0.05) is 5.69 Å². The third-order valence-electron chi connectivity index (χ3n) is 4.43. The predicted octanol–water partition coefficient (Wildman–Crippen LogP) is 2.35. The lowest BCUT2D eigenvalue weighted by atomic mass is 10.2. The van der Waals surface area contributed by atoms with Gasteiger partial charge in [-0.15, -0.1) is 0 Å². The molecule has 0 aliphatic carbocycles. The van der Waals surface area contributed by atoms with Gasteiger partial charge in [0.05, 0.1) is 18.2 Å². The number of hydrogen-bond donors (Lipinski definition) is 3. The minimum atomic E-state index is -1.11. The average molecular weight is 440 g/mol. The first-order chi connectivity index (χ1) is 14.9. The second kappa shape index (κ2) is 8.48. The number of amidine groups is 1. The maximum atomic E-state index is 12.5. The highest BCUT2D eigenvalue weighted by atomic mass is 32.2. The van der Waals surface area contributed by atoms with Gasteiger partial charge in [-0.25, -0.2) is 4.79 Å². The summed E-state index contributed by atoms with van der Waals surface area (Å²) in [6.45, 7) is 0.145. The van der Waals surface area contributed by atoms with Crippen molar-refractivity contribution in [2.75, 3.05) is 12.1 Å². The standard InChI is InChI=1S/C20H16N4O6S/c21-20-24(22-9-11-4-5-14-15(6-11)30-10-29-14)17(25)8-16(31-20)18(26)23-13-3-1-2-12(7-13)19(27)28/h1-7,9,16,21H,8,10H2,(H,23,26)(H,27,28)/b21-20?,22-9+. The summed E-state index contributed by atoms with van der Waals surface area (Å²) in [5.74, 6) is -0.916. The number of nitrogens with zero attached hydrogens (tertiary/aromatic N) is 2. The van der Waals surface area contributed by atoms with Crippen LogP contribution in [0.25, 0.3) is 0 Å². The van der Waals surface area contributed by atoms with Crippen molar-refractivity contribution in [3.63, 3.8) is 0 Å². The molecule has 1 fully saturated rings. The lowest BCUT2D eigenvalue weighted by Gasteiger charge is -2.27. The quantitative estimate of drug-likeness (QED) is 0.606. The highest BCUT2D eigenvalue weighted by Crippen LogP contribution is 2.32. The van der Waals surface area contributed by atoms with E-state index in [9.17, 15) is 14.4 Å². The number of carbonyl (C=O) groups excluding carboxylic acids is 2. The summed E-state index contributed by atoms with van der Waals surface area (Å²) in [5.41, 5.74) is 0.989. The van der Waals surface area contributed by atoms with Gasteiger partial charge in [0.1, 0.15) is 5.25 Å². The monoisotopic (exact) mass is 440 g/mol. The zero-order chi connectivity index (χ0) is 22.0. The number of hydrazone groups is 1. The smallest absolute Gasteiger partial charge is 0.335 e. The minimum Gasteiger partial charge on any atom is -0.478 e. The van der Waals surface area contributed by atoms with E-state index in [1.165, 1.54) is 24.4 Å². The zero-order valence-corrected chi connectivity index (χ0v) is 16.7. The number of fused-ring (bicyclic) bond motifs is 1. The van der Waals surface area contributed by atoms with Crippen molar-refractivity contribution in [2.24, 2.45) is 5.10 Å². The molecule has 10 nitrogen and oxygen atoms in total. The molecule has 2 aromatic carbocycles. The van der Waals surface area contributed by atoms with E-state index in [1.807, 2.05) is 0 Å². The van der Waals surface area contributed by atoms with Crippen LogP contribution in [-0.2, 0) is 9.59 Å². The van der Waals surface area contributed by atoms with Crippen LogP contribution in [0.2, 0.25) is 0 Å². The van der Waals surface area contributed by atoms with Crippen LogP contribution in [0, 0.1) is 5.41 Å². The SMILES string of the molecule is N=C1SC(C(=O)Nc2cccc(C(=O)O)c2)CC(=O)N1/N=C/c1ccc2c(c1)OCO2. The molecule has 1 unspecified atom stereocenters. The fourth-order valence-electron chi connectivity index (χ4n) is 2.92. The molecule has 158 valence electrons. The molecule has 31 heavy (non-hydrogen) atoms. The summed E-state index contributed by atoms with van der Waals surface area (Å²) in [6, 6.07) is 11.0. The molecule has 2 aliphatic rings. The molecule has 2 aromatic rings. The molecule has 11 heteroatoms. The van der Waals surface area contributed by atoms with Crippen LogP contribution in [0.3, 0.4) is 0 Å². The molecular formula is C20H16N4O6S. The zero-order valence-electron chi connectivity index (χ0n) is 15.9. The fraction of sp³-hybridized carbons (Fsp3) is 0.150. The van der Waals surface area contributed by atoms with E-state index in [1.54, 1.807) is 24.3 Å². The van der Waals surface area contributed by atoms with Crippen molar-refractivity contribution in [1.82, 2.24) is 5.01 Å². The largest absolute Gasteiger partial charge is 0.478 e. The van der Waals surface area contributed by atoms with Gasteiger partial charge in [-0.2, -0.15) is 10.1 Å². The van der Waals surface area contributed by atoms with Crippen LogP contribution in [0.5, 0.6) is 11.5 Å². The molecule has 0 bridgehead atoms. The summed E-state index contributed by atoms with van der Waals surface area (Å²) >= 11 is 0.893. The first kappa shape index (κ1) is 20.4. The van der Waals surface area contributed by atoms with E-state index < -0.39 is 23.0 Å². The van der Waals surface area contributed by atoms with Crippen LogP contribution in [0.4, 0.5) is 5.69 Å². The van der Waals surface area contributed by atoms with E-state index in [0.717, 1.165) is 16.8 Å². The highest BCUT2D eigenvalue weighted by Gasteiger charge is 2.35. The number of ether oxygens (including phenoxy) is 2. The Labute approximate surface area is 180 Å². The van der Waals surface area contributed by atoms with Gasteiger partial charge in [0.2, 0.25) is 12.7 Å². The summed E-state index contributed by atoms with van der Waals surface area (Å²) in [4.78, 5) is 36.1. The molecule has 0 aromatic heterocycles. The van der Waals surface area contributed by atoms with Crippen LogP contribution >= 0.6 is 11.8 Å². The van der Waals surface area contributed by atoms with E-state index in [-0.39, 0.29) is 23.9 Å². The van der Waals surface area contributed by atoms with E-state index in [0.29, 0.717) is 22.7 Å². The second-order valence-electron chi connectivity index (χ2n) is 6.55. The van der Waals surface area contributed by atoms with Crippen LogP contribution in [-0.4, -0.2) is 51.3 Å². The van der Waals surface area contributed by atoms with Gasteiger partial charge in [-0.05, 0) is 42.0 Å². The summed E-state index contributed by atoms with van der Waals surface area (Å²) in [6.07, 6.45) is 1.27. The van der Waals surface area contributed by atoms with Crippen molar-refractivity contribution >= 4 is 46.6 Å². The molecule has 2 amide bonds. The number of carboxylic acids is 1. The normalized spacial score (nSPS) is 17.8. The van der Waals surface area contributed by atoms with Gasteiger partial charge in [0.25, 0.3) is 5.91 Å². The number of carboxylic acid groups (broad SMARTS) is 1. The summed E-state index contributed by atoms with van der Waals surface area (Å²) < 4.78 is 10.5. The van der Waals surface area contributed by atoms with Crippen LogP contribution < -0.4 is 14.8 Å². The number of thioether (sulfide) groups is 1. The van der Waals surface area contributed by atoms with Gasteiger partial charge in [-0.1, -0.05) is 17.8 Å². The number of nitrogens with one attached hydrogen (secondary N) is 2. The Morgan fingerprint density at radius 2 is 2.03 bits per heavy atom. The minimum absolute atomic E-state index is 0.0296. The van der Waals surface area contributed by atoms with Gasteiger partial charge in [0.15, 0.2) is 16.7 Å². The van der Waals surface area contributed by atoms with E-state index in [4.69, 9.17) is 20.0 Å². The number of carbonyl (C=O) groups is 3. The molecule has 0 radical (unpaired) electrons. The molecule has 1 saturated heterocycles. The highest BCUT2D eigenvalue weighted by molar-refractivity contribution is 8.14. The maximum absolute atomic E-state index is 12.5. The molecule has 1 atom stereocenters. The predicted molar refractivity (Wildman–Crippen MR) is 113 cm³/mol. The fourth-order valence-corrected chi connectivity index (χ4v) is 3.83. The third kappa shape index (κ3) is 4.51. The van der Waals surface area contributed by atoms with E-state index >= 15 is 0 Å². The van der Waals surface area contributed by atoms with Crippen molar-refractivity contribution < 1.29 is 29.0 Å². The number of aromatic carboxylic acids is 1.